The first-order valence-corrected chi connectivity index (χ1v) is 13.6. The maximum Gasteiger partial charge on any atom is 0.289 e. The molecule has 12 heteroatoms. The molecule has 6 rings (SSSR count). The lowest BCUT2D eigenvalue weighted by molar-refractivity contribution is -0.120. The number of aryl methyl sites for hydroxylation is 1. The van der Waals surface area contributed by atoms with Crippen molar-refractivity contribution in [1.29, 1.82) is 0 Å². The van der Waals surface area contributed by atoms with Crippen LogP contribution < -0.4 is 20.3 Å². The van der Waals surface area contributed by atoms with E-state index >= 15 is 0 Å². The number of nitrogens with one attached hydrogen (secondary N) is 1. The number of carbonyl (C=O) groups is 2. The van der Waals surface area contributed by atoms with Gasteiger partial charge in [0.1, 0.15) is 30.5 Å². The molecule has 1 N–H and O–H groups in total. The molecule has 4 aromatic rings. The van der Waals surface area contributed by atoms with Gasteiger partial charge in [0, 0.05) is 31.9 Å². The van der Waals surface area contributed by atoms with E-state index in [4.69, 9.17) is 4.74 Å². The lowest BCUT2D eigenvalue weighted by atomic mass is 10.1. The number of rotatable bonds is 5. The quantitative estimate of drug-likeness (QED) is 0.369. The topological polar surface area (TPSA) is 118 Å². The number of anilines is 1. The third-order valence-corrected chi connectivity index (χ3v) is 7.71. The van der Waals surface area contributed by atoms with E-state index in [2.05, 4.69) is 39.5 Å². The van der Waals surface area contributed by atoms with E-state index in [9.17, 15) is 9.59 Å². The van der Waals surface area contributed by atoms with Crippen molar-refractivity contribution in [2.24, 2.45) is 0 Å². The predicted octanol–water partition coefficient (Wildman–Crippen LogP) is 1.71. The number of aromatic nitrogens is 5. The zero-order valence-corrected chi connectivity index (χ0v) is 23.4. The minimum absolute atomic E-state index is 0.00377. The number of hydrogen-bond acceptors (Lipinski definition) is 8. The summed E-state index contributed by atoms with van der Waals surface area (Å²) in [4.78, 5) is 43.5. The first-order chi connectivity index (χ1) is 19.4. The molecule has 0 fully saturated rings. The third kappa shape index (κ3) is 5.05. The van der Waals surface area contributed by atoms with E-state index in [1.165, 1.54) is 4.90 Å². The molecule has 0 radical (unpaired) electrons. The Balaban J connectivity index is 1.17. The zero-order valence-electron chi connectivity index (χ0n) is 22.2. The number of likely N-dealkylation sites (N-methyl/N-ethyl adjacent to an activating group) is 1. The zero-order chi connectivity index (χ0) is 27.8. The highest BCUT2D eigenvalue weighted by Gasteiger charge is 2.32. The lowest BCUT2D eigenvalue weighted by Gasteiger charge is -2.27. The van der Waals surface area contributed by atoms with Crippen molar-refractivity contribution in [1.82, 2.24) is 34.9 Å². The van der Waals surface area contributed by atoms with E-state index in [1.54, 1.807) is 19.6 Å². The Bertz CT molecular complexity index is 1610. The van der Waals surface area contributed by atoms with Crippen LogP contribution in [0.1, 0.15) is 27.6 Å². The average molecular weight is 557 g/mol. The molecule has 0 bridgehead atoms. The van der Waals surface area contributed by atoms with Crippen LogP contribution >= 0.6 is 9.24 Å². The van der Waals surface area contributed by atoms with Crippen LogP contribution in [0.3, 0.4) is 0 Å². The second-order valence-electron chi connectivity index (χ2n) is 9.96. The summed E-state index contributed by atoms with van der Waals surface area (Å²) in [6, 6.07) is 12.7. The van der Waals surface area contributed by atoms with Crippen LogP contribution in [0, 0.1) is 6.92 Å². The minimum atomic E-state index is -0.899. The van der Waals surface area contributed by atoms with Gasteiger partial charge in [-0.15, -0.1) is 9.24 Å². The van der Waals surface area contributed by atoms with Crippen LogP contribution in [0.4, 0.5) is 5.69 Å². The van der Waals surface area contributed by atoms with Crippen molar-refractivity contribution in [2.45, 2.75) is 32.6 Å². The monoisotopic (exact) mass is 556 g/mol. The smallest absolute Gasteiger partial charge is 0.289 e. The van der Waals surface area contributed by atoms with Gasteiger partial charge < -0.3 is 15.0 Å². The molecule has 2 aliphatic rings. The molecule has 204 valence electrons. The molecular formula is C28H29N8O3P. The van der Waals surface area contributed by atoms with E-state index in [0.717, 1.165) is 40.9 Å². The van der Waals surface area contributed by atoms with Crippen molar-refractivity contribution in [3.8, 4) is 17.0 Å². The largest absolute Gasteiger partial charge is 0.489 e. The normalized spacial score (nSPS) is 17.0. The fraction of sp³-hybridized carbons (Fsp3) is 0.286. The summed E-state index contributed by atoms with van der Waals surface area (Å²) < 4.78 is 7.91. The van der Waals surface area contributed by atoms with Gasteiger partial charge >= 0.3 is 0 Å². The van der Waals surface area contributed by atoms with Gasteiger partial charge in [-0.1, -0.05) is 30.3 Å². The number of nitrogens with zero attached hydrogens (tertiary/aromatic N) is 7. The highest BCUT2D eigenvalue weighted by atomic mass is 31.0. The van der Waals surface area contributed by atoms with Gasteiger partial charge in [0.2, 0.25) is 5.82 Å². The Kier molecular flexibility index (Phi) is 7.00. The molecule has 40 heavy (non-hydrogen) atoms. The first kappa shape index (κ1) is 26.0. The van der Waals surface area contributed by atoms with Crippen LogP contribution in [0.15, 0.2) is 55.0 Å². The van der Waals surface area contributed by atoms with Crippen molar-refractivity contribution in [3.63, 3.8) is 0 Å². The van der Waals surface area contributed by atoms with Gasteiger partial charge in [-0.25, -0.2) is 19.6 Å². The highest BCUT2D eigenvalue weighted by Crippen LogP contribution is 2.32. The Morgan fingerprint density at radius 1 is 1.18 bits per heavy atom. The number of hydrogen-bond donors (Lipinski definition) is 1. The molecule has 2 amide bonds. The fourth-order valence-electron chi connectivity index (χ4n) is 5.01. The maximum atomic E-state index is 13.4. The molecule has 0 aliphatic carbocycles. The summed E-state index contributed by atoms with van der Waals surface area (Å²) in [7, 11) is 4.38. The number of ether oxygens (including phenoxy) is 1. The number of amides is 2. The SMILES string of the molecule is Cc1cnc(C(=O)N[C@H]2COc3ccc(CN4CCn5ncnc5C4)cc3N(C)C2=O)nc1-c1ccccc1P. The molecule has 11 nitrogen and oxygen atoms in total. The fourth-order valence-corrected chi connectivity index (χ4v) is 5.36. The molecule has 2 aromatic heterocycles. The van der Waals surface area contributed by atoms with Crippen molar-refractivity contribution in [3.05, 3.63) is 77.8 Å². The molecule has 2 aromatic carbocycles. The Morgan fingerprint density at radius 2 is 2.02 bits per heavy atom. The molecule has 2 aliphatic heterocycles. The standard InChI is InChI=1S/C28H29N8O3P/c1-17-12-29-26(33-25(17)19-5-3-4-6-23(19)40)27(37)32-20-15-39-22-8-7-18(11-21(22)34(2)28(20)38)13-35-9-10-36-24(14-35)30-16-31-36/h3-8,11-12,16,20H,9-10,13-15,40H2,1-2H3,(H,32,37)/t20-/m0/s1. The van der Waals surface area contributed by atoms with Gasteiger partial charge in [0.05, 0.1) is 24.5 Å². The average Bonchev–Trinajstić information content (AvgIpc) is 3.39. The molecule has 2 atom stereocenters. The molecular weight excluding hydrogens is 527 g/mol. The van der Waals surface area contributed by atoms with E-state index in [0.29, 0.717) is 30.2 Å². The summed E-state index contributed by atoms with van der Waals surface area (Å²) in [5, 5.41) is 7.98. The Labute approximate surface area is 233 Å². The van der Waals surface area contributed by atoms with Crippen LogP contribution in [0.5, 0.6) is 5.75 Å². The van der Waals surface area contributed by atoms with Gasteiger partial charge in [-0.3, -0.25) is 14.5 Å². The molecule has 0 spiro atoms. The Hall–Kier alpha value is -4.21. The molecule has 0 saturated heterocycles. The van der Waals surface area contributed by atoms with Crippen LogP contribution in [-0.4, -0.2) is 67.7 Å². The van der Waals surface area contributed by atoms with Crippen molar-refractivity contribution >= 4 is 32.0 Å². The number of carbonyl (C=O) groups excluding carboxylic acids is 2. The van der Waals surface area contributed by atoms with Crippen molar-refractivity contribution in [2.75, 3.05) is 25.1 Å². The van der Waals surface area contributed by atoms with Gasteiger partial charge in [-0.2, -0.15) is 5.10 Å². The first-order valence-electron chi connectivity index (χ1n) is 13.0. The summed E-state index contributed by atoms with van der Waals surface area (Å²) in [5.74, 6) is 0.699. The van der Waals surface area contributed by atoms with Crippen LogP contribution in [-0.2, 0) is 24.4 Å². The minimum Gasteiger partial charge on any atom is -0.489 e. The number of fused-ring (bicyclic) bond motifs is 2. The molecule has 4 heterocycles. The van der Waals surface area contributed by atoms with E-state index in [-0.39, 0.29) is 18.3 Å². The lowest BCUT2D eigenvalue weighted by Crippen LogP contribution is -2.49. The summed E-state index contributed by atoms with van der Waals surface area (Å²) >= 11 is 0. The molecule has 1 unspecified atom stereocenters. The second-order valence-corrected chi connectivity index (χ2v) is 10.6. The maximum absolute atomic E-state index is 13.4. The summed E-state index contributed by atoms with van der Waals surface area (Å²) in [5.41, 5.74) is 4.11. The van der Waals surface area contributed by atoms with Gasteiger partial charge in [0.15, 0.2) is 0 Å². The third-order valence-electron chi connectivity index (χ3n) is 7.21. The van der Waals surface area contributed by atoms with E-state index < -0.39 is 11.9 Å². The highest BCUT2D eigenvalue weighted by molar-refractivity contribution is 7.28. The van der Waals surface area contributed by atoms with Crippen LogP contribution in [0.2, 0.25) is 0 Å². The Morgan fingerprint density at radius 3 is 2.88 bits per heavy atom. The van der Waals surface area contributed by atoms with Crippen LogP contribution in [0.25, 0.3) is 11.3 Å². The predicted molar refractivity (Wildman–Crippen MR) is 152 cm³/mol. The second kappa shape index (κ2) is 10.7. The summed E-state index contributed by atoms with van der Waals surface area (Å²) in [6.45, 7) is 4.96. The molecule has 0 saturated carbocycles. The number of benzene rings is 2. The van der Waals surface area contributed by atoms with Gasteiger partial charge in [-0.05, 0) is 35.5 Å². The van der Waals surface area contributed by atoms with E-state index in [1.807, 2.05) is 54.1 Å². The van der Waals surface area contributed by atoms with Crippen molar-refractivity contribution < 1.29 is 14.3 Å². The summed E-state index contributed by atoms with van der Waals surface area (Å²) in [6.07, 6.45) is 3.21. The van der Waals surface area contributed by atoms with Gasteiger partial charge in [0.25, 0.3) is 11.8 Å².